The number of imidazole rings is 1. The molecule has 0 aliphatic heterocycles. The molecule has 2 rings (SSSR count). The molecule has 0 spiro atoms. The Hall–Kier alpha value is -1.81. The maximum absolute atomic E-state index is 9.16. The summed E-state index contributed by atoms with van der Waals surface area (Å²) in [5, 5.41) is 9.16. The number of aromatic nitrogens is 2. The van der Waals surface area contributed by atoms with Crippen molar-refractivity contribution in [2.24, 2.45) is 7.05 Å². The van der Waals surface area contributed by atoms with E-state index in [0.29, 0.717) is 0 Å². The van der Waals surface area contributed by atoms with Crippen LogP contribution in [0.25, 0.3) is 0 Å². The van der Waals surface area contributed by atoms with Crippen LogP contribution < -0.4 is 4.90 Å². The summed E-state index contributed by atoms with van der Waals surface area (Å²) in [5.74, 6) is 1.03. The Morgan fingerprint density at radius 2 is 2.17 bits per heavy atom. The molecule has 1 heterocycles. The molecule has 4 heteroatoms. The highest BCUT2D eigenvalue weighted by molar-refractivity contribution is 5.50. The highest BCUT2D eigenvalue weighted by Gasteiger charge is 2.07. The maximum Gasteiger partial charge on any atom is 0.127 e. The minimum Gasteiger partial charge on any atom is -0.392 e. The SMILES string of the molecule is Cc1cc(N(C)Cc2nccn2C)ccc1CO. The van der Waals surface area contributed by atoms with Crippen LogP contribution in [0, 0.1) is 6.92 Å². The first-order chi connectivity index (χ1) is 8.61. The Bertz CT molecular complexity index is 534. The van der Waals surface area contributed by atoms with Crippen LogP contribution >= 0.6 is 0 Å². The molecule has 0 aliphatic rings. The van der Waals surface area contributed by atoms with Gasteiger partial charge in [-0.1, -0.05) is 6.07 Å². The number of aliphatic hydroxyl groups excluding tert-OH is 1. The van der Waals surface area contributed by atoms with Crippen LogP contribution in [-0.4, -0.2) is 21.7 Å². The van der Waals surface area contributed by atoms with Gasteiger partial charge in [0.15, 0.2) is 0 Å². The van der Waals surface area contributed by atoms with E-state index in [0.717, 1.165) is 29.2 Å². The fourth-order valence-electron chi connectivity index (χ4n) is 1.95. The monoisotopic (exact) mass is 245 g/mol. The highest BCUT2D eigenvalue weighted by atomic mass is 16.3. The summed E-state index contributed by atoms with van der Waals surface area (Å²) in [5.41, 5.74) is 3.22. The first-order valence-corrected chi connectivity index (χ1v) is 5.99. The quantitative estimate of drug-likeness (QED) is 0.894. The zero-order valence-electron chi connectivity index (χ0n) is 11.1. The molecule has 1 N–H and O–H groups in total. The number of hydrogen-bond donors (Lipinski definition) is 1. The lowest BCUT2D eigenvalue weighted by Gasteiger charge is -2.20. The van der Waals surface area contributed by atoms with E-state index in [9.17, 15) is 0 Å². The van der Waals surface area contributed by atoms with Crippen molar-refractivity contribution < 1.29 is 5.11 Å². The third kappa shape index (κ3) is 2.54. The molecule has 0 bridgehead atoms. The number of anilines is 1. The van der Waals surface area contributed by atoms with Crippen molar-refractivity contribution in [1.82, 2.24) is 9.55 Å². The normalized spacial score (nSPS) is 10.7. The van der Waals surface area contributed by atoms with Gasteiger partial charge >= 0.3 is 0 Å². The van der Waals surface area contributed by atoms with E-state index in [1.165, 1.54) is 0 Å². The second kappa shape index (κ2) is 5.23. The van der Waals surface area contributed by atoms with Crippen LogP contribution in [0.4, 0.5) is 5.69 Å². The van der Waals surface area contributed by atoms with Gasteiger partial charge in [-0.3, -0.25) is 0 Å². The summed E-state index contributed by atoms with van der Waals surface area (Å²) in [7, 11) is 4.04. The Labute approximate surface area is 108 Å². The number of rotatable bonds is 4. The number of nitrogens with zero attached hydrogens (tertiary/aromatic N) is 3. The van der Waals surface area contributed by atoms with Gasteiger partial charge in [0.25, 0.3) is 0 Å². The second-order valence-corrected chi connectivity index (χ2v) is 4.58. The van der Waals surface area contributed by atoms with Crippen LogP contribution in [0.3, 0.4) is 0 Å². The third-order valence-corrected chi connectivity index (χ3v) is 3.24. The van der Waals surface area contributed by atoms with Crippen molar-refractivity contribution in [1.29, 1.82) is 0 Å². The molecule has 0 saturated carbocycles. The topological polar surface area (TPSA) is 41.3 Å². The van der Waals surface area contributed by atoms with E-state index in [4.69, 9.17) is 5.11 Å². The molecule has 1 aromatic carbocycles. The number of aliphatic hydroxyl groups is 1. The Balaban J connectivity index is 2.16. The van der Waals surface area contributed by atoms with E-state index in [1.807, 2.05) is 50.1 Å². The van der Waals surface area contributed by atoms with Crippen molar-refractivity contribution >= 4 is 5.69 Å². The predicted molar refractivity (Wildman–Crippen MR) is 72.4 cm³/mol. The molecule has 0 saturated heterocycles. The summed E-state index contributed by atoms with van der Waals surface area (Å²) in [6.45, 7) is 2.88. The third-order valence-electron chi connectivity index (χ3n) is 3.24. The van der Waals surface area contributed by atoms with E-state index in [-0.39, 0.29) is 6.61 Å². The van der Waals surface area contributed by atoms with Crippen molar-refractivity contribution in [2.75, 3.05) is 11.9 Å². The number of hydrogen-bond acceptors (Lipinski definition) is 3. The van der Waals surface area contributed by atoms with Gasteiger partial charge in [-0.05, 0) is 30.2 Å². The Morgan fingerprint density at radius 3 is 2.72 bits per heavy atom. The molecule has 1 aromatic heterocycles. The molecule has 0 unspecified atom stereocenters. The van der Waals surface area contributed by atoms with Gasteiger partial charge < -0.3 is 14.6 Å². The molecule has 0 amide bonds. The van der Waals surface area contributed by atoms with E-state index in [1.54, 1.807) is 0 Å². The largest absolute Gasteiger partial charge is 0.392 e. The van der Waals surface area contributed by atoms with Crippen molar-refractivity contribution in [2.45, 2.75) is 20.1 Å². The lowest BCUT2D eigenvalue weighted by atomic mass is 10.1. The molecular weight excluding hydrogens is 226 g/mol. The van der Waals surface area contributed by atoms with Crippen LogP contribution in [0.5, 0.6) is 0 Å². The molecule has 0 atom stereocenters. The van der Waals surface area contributed by atoms with E-state index >= 15 is 0 Å². The highest BCUT2D eigenvalue weighted by Crippen LogP contribution is 2.19. The Kier molecular flexibility index (Phi) is 3.67. The zero-order valence-corrected chi connectivity index (χ0v) is 11.1. The van der Waals surface area contributed by atoms with E-state index < -0.39 is 0 Å². The average Bonchev–Trinajstić information content (AvgIpc) is 2.75. The van der Waals surface area contributed by atoms with E-state index in [2.05, 4.69) is 16.0 Å². The van der Waals surface area contributed by atoms with Crippen molar-refractivity contribution in [3.05, 3.63) is 47.5 Å². The molecule has 2 aromatic rings. The molecule has 18 heavy (non-hydrogen) atoms. The van der Waals surface area contributed by atoms with Gasteiger partial charge in [0.2, 0.25) is 0 Å². The number of aryl methyl sites for hydroxylation is 2. The summed E-state index contributed by atoms with van der Waals surface area (Å²) in [4.78, 5) is 6.47. The molecule has 0 radical (unpaired) electrons. The smallest absolute Gasteiger partial charge is 0.127 e. The lowest BCUT2D eigenvalue weighted by molar-refractivity contribution is 0.281. The minimum atomic E-state index is 0.0925. The Morgan fingerprint density at radius 1 is 1.39 bits per heavy atom. The fraction of sp³-hybridized carbons (Fsp3) is 0.357. The second-order valence-electron chi connectivity index (χ2n) is 4.58. The van der Waals surface area contributed by atoms with Gasteiger partial charge in [0, 0.05) is 32.2 Å². The molecular formula is C14H19N3O. The van der Waals surface area contributed by atoms with Gasteiger partial charge in [-0.15, -0.1) is 0 Å². The minimum absolute atomic E-state index is 0.0925. The van der Waals surface area contributed by atoms with Gasteiger partial charge in [0.1, 0.15) is 5.82 Å². The molecule has 0 fully saturated rings. The molecule has 0 aliphatic carbocycles. The van der Waals surface area contributed by atoms with Crippen LogP contribution in [-0.2, 0) is 20.2 Å². The summed E-state index contributed by atoms with van der Waals surface area (Å²) in [6.07, 6.45) is 3.76. The summed E-state index contributed by atoms with van der Waals surface area (Å²) < 4.78 is 2.02. The lowest BCUT2D eigenvalue weighted by Crippen LogP contribution is -2.19. The summed E-state index contributed by atoms with van der Waals surface area (Å²) in [6, 6.07) is 6.09. The van der Waals surface area contributed by atoms with Crippen LogP contribution in [0.1, 0.15) is 17.0 Å². The maximum atomic E-state index is 9.16. The number of benzene rings is 1. The van der Waals surface area contributed by atoms with Gasteiger partial charge in [-0.25, -0.2) is 4.98 Å². The summed E-state index contributed by atoms with van der Waals surface area (Å²) >= 11 is 0. The average molecular weight is 245 g/mol. The van der Waals surface area contributed by atoms with Crippen LogP contribution in [0.15, 0.2) is 30.6 Å². The predicted octanol–water partition coefficient (Wildman–Crippen LogP) is 1.86. The molecule has 96 valence electrons. The van der Waals surface area contributed by atoms with Gasteiger partial charge in [-0.2, -0.15) is 0 Å². The van der Waals surface area contributed by atoms with Crippen LogP contribution in [0.2, 0.25) is 0 Å². The zero-order chi connectivity index (χ0) is 13.1. The fourth-order valence-corrected chi connectivity index (χ4v) is 1.95. The standard InChI is InChI=1S/C14H19N3O/c1-11-8-13(5-4-12(11)10-18)17(3)9-14-15-6-7-16(14)2/h4-8,18H,9-10H2,1-3H3. The van der Waals surface area contributed by atoms with Crippen molar-refractivity contribution in [3.8, 4) is 0 Å². The van der Waals surface area contributed by atoms with Gasteiger partial charge in [0.05, 0.1) is 13.2 Å². The van der Waals surface area contributed by atoms with Crippen molar-refractivity contribution in [3.63, 3.8) is 0 Å². The first kappa shape index (κ1) is 12.6. The molecule has 4 nitrogen and oxygen atoms in total. The first-order valence-electron chi connectivity index (χ1n) is 5.99.